The lowest BCUT2D eigenvalue weighted by Crippen LogP contribution is -2.55. The van der Waals surface area contributed by atoms with Crippen LogP contribution < -0.4 is 9.80 Å². The lowest BCUT2D eigenvalue weighted by Gasteiger charge is -2.46. The number of hydrogen-bond acceptors (Lipinski definition) is 3. The number of nitrogens with one attached hydrogen (secondary N) is 1. The number of aromatic nitrogens is 2. The summed E-state index contributed by atoms with van der Waals surface area (Å²) in [5.74, 6) is -0.272. The second-order valence-electron chi connectivity index (χ2n) is 9.39. The van der Waals surface area contributed by atoms with Crippen molar-refractivity contribution in [3.8, 4) is 0 Å². The van der Waals surface area contributed by atoms with Crippen LogP contribution in [-0.4, -0.2) is 40.3 Å². The molecule has 1 fully saturated rings. The zero-order valence-electron chi connectivity index (χ0n) is 20.0. The first-order valence-corrected chi connectivity index (χ1v) is 12.0. The van der Waals surface area contributed by atoms with E-state index in [9.17, 15) is 22.4 Å². The maximum absolute atomic E-state index is 14.5. The Kier molecular flexibility index (Phi) is 6.13. The normalized spacial score (nSPS) is 19.1. The fraction of sp³-hybridized carbons (Fsp3) is 0.385. The number of piperidine rings is 1. The maximum atomic E-state index is 14.5. The summed E-state index contributed by atoms with van der Waals surface area (Å²) in [7, 11) is 0. The number of rotatable bonds is 4. The number of anilines is 2. The highest BCUT2D eigenvalue weighted by molar-refractivity contribution is 5.95. The molecule has 1 saturated heterocycles. The van der Waals surface area contributed by atoms with E-state index in [2.05, 4.69) is 10.2 Å². The zero-order valence-corrected chi connectivity index (χ0v) is 20.0. The van der Waals surface area contributed by atoms with Crippen molar-refractivity contribution in [2.75, 3.05) is 22.9 Å². The number of hydrogen-bond donors (Lipinski definition) is 1. The first-order chi connectivity index (χ1) is 17.2. The number of aromatic amines is 1. The Balaban J connectivity index is 1.41. The molecule has 2 amide bonds. The summed E-state index contributed by atoms with van der Waals surface area (Å²) in [5.41, 5.74) is 1.79. The van der Waals surface area contributed by atoms with Crippen LogP contribution >= 0.6 is 0 Å². The summed E-state index contributed by atoms with van der Waals surface area (Å²) in [5, 5.41) is 7.10. The highest BCUT2D eigenvalue weighted by atomic mass is 19.4. The summed E-state index contributed by atoms with van der Waals surface area (Å²) in [4.78, 5) is 18.9. The second-order valence-corrected chi connectivity index (χ2v) is 9.39. The number of nitrogens with zero attached hydrogens (tertiary/aromatic N) is 4. The van der Waals surface area contributed by atoms with E-state index in [1.54, 1.807) is 17.2 Å². The van der Waals surface area contributed by atoms with E-state index in [0.29, 0.717) is 43.0 Å². The van der Waals surface area contributed by atoms with Crippen LogP contribution in [0.3, 0.4) is 0 Å². The third-order valence-corrected chi connectivity index (χ3v) is 7.22. The molecular weight excluding hydrogens is 474 g/mol. The van der Waals surface area contributed by atoms with E-state index in [0.717, 1.165) is 11.6 Å². The standard InChI is InChI=1S/C26H27F4N5O/c1-16-6-5-9-21(27)24(16)33-12-10-19(11-13-33)35-17(2)23-22(14-31-32-23)34(25(35)36)15-18-7-3-4-8-20(18)26(28,29)30/h3-9,14,17,19H,10-13,15H2,1-2H3,(H,31,32)/t17-/m0/s1. The molecule has 2 aromatic carbocycles. The molecule has 1 atom stereocenters. The van der Waals surface area contributed by atoms with Gasteiger partial charge in [0, 0.05) is 25.3 Å². The second kappa shape index (κ2) is 9.15. The molecule has 0 saturated carbocycles. The average molecular weight is 502 g/mol. The van der Waals surface area contributed by atoms with Crippen LogP contribution in [0.15, 0.2) is 48.7 Å². The molecule has 10 heteroatoms. The van der Waals surface area contributed by atoms with Gasteiger partial charge in [-0.3, -0.25) is 10.00 Å². The van der Waals surface area contributed by atoms with Crippen LogP contribution in [0.5, 0.6) is 0 Å². The molecule has 2 aliphatic heterocycles. The minimum absolute atomic E-state index is 0.0184. The summed E-state index contributed by atoms with van der Waals surface area (Å²) in [6.45, 7) is 4.65. The smallest absolute Gasteiger partial charge is 0.369 e. The highest BCUT2D eigenvalue weighted by Gasteiger charge is 2.43. The molecule has 0 bridgehead atoms. The van der Waals surface area contributed by atoms with Crippen molar-refractivity contribution in [3.63, 3.8) is 0 Å². The number of urea groups is 1. The Morgan fingerprint density at radius 1 is 1.08 bits per heavy atom. The van der Waals surface area contributed by atoms with Crippen molar-refractivity contribution < 1.29 is 22.4 Å². The molecule has 0 unspecified atom stereocenters. The number of para-hydroxylation sites is 1. The van der Waals surface area contributed by atoms with Gasteiger partial charge in [0.05, 0.1) is 29.5 Å². The lowest BCUT2D eigenvalue weighted by atomic mass is 9.97. The van der Waals surface area contributed by atoms with Gasteiger partial charge in [0.1, 0.15) is 11.5 Å². The van der Waals surface area contributed by atoms with E-state index < -0.39 is 11.7 Å². The number of halogens is 4. The Bertz CT molecular complexity index is 1240. The van der Waals surface area contributed by atoms with Crippen LogP contribution in [0.25, 0.3) is 0 Å². The van der Waals surface area contributed by atoms with Crippen LogP contribution in [0, 0.1) is 12.7 Å². The van der Waals surface area contributed by atoms with Gasteiger partial charge >= 0.3 is 12.2 Å². The van der Waals surface area contributed by atoms with Gasteiger partial charge in [0.25, 0.3) is 0 Å². The van der Waals surface area contributed by atoms with Crippen molar-refractivity contribution in [2.24, 2.45) is 0 Å². The molecule has 0 spiro atoms. The number of amides is 2. The molecule has 1 N–H and O–H groups in total. The number of benzene rings is 2. The number of H-pyrrole nitrogens is 1. The molecule has 3 aromatic rings. The number of carbonyl (C=O) groups excluding carboxylic acids is 1. The van der Waals surface area contributed by atoms with E-state index in [1.165, 1.54) is 29.2 Å². The molecule has 6 nitrogen and oxygen atoms in total. The zero-order chi connectivity index (χ0) is 25.6. The van der Waals surface area contributed by atoms with Crippen molar-refractivity contribution in [2.45, 2.75) is 51.5 Å². The van der Waals surface area contributed by atoms with Crippen molar-refractivity contribution in [1.82, 2.24) is 15.1 Å². The minimum atomic E-state index is -4.53. The van der Waals surface area contributed by atoms with Crippen LogP contribution in [0.2, 0.25) is 0 Å². The maximum Gasteiger partial charge on any atom is 0.416 e. The van der Waals surface area contributed by atoms with E-state index in [1.807, 2.05) is 24.8 Å². The van der Waals surface area contributed by atoms with Gasteiger partial charge in [-0.25, -0.2) is 9.18 Å². The lowest BCUT2D eigenvalue weighted by molar-refractivity contribution is -0.138. The fourth-order valence-electron chi connectivity index (χ4n) is 5.48. The van der Waals surface area contributed by atoms with Crippen molar-refractivity contribution in [1.29, 1.82) is 0 Å². The predicted octanol–water partition coefficient (Wildman–Crippen LogP) is 6.05. The van der Waals surface area contributed by atoms with Gasteiger partial charge in [-0.05, 0) is 49.9 Å². The molecule has 190 valence electrons. The van der Waals surface area contributed by atoms with E-state index in [-0.39, 0.29) is 36.0 Å². The highest BCUT2D eigenvalue weighted by Crippen LogP contribution is 2.40. The van der Waals surface area contributed by atoms with Crippen LogP contribution in [0.1, 0.15) is 48.2 Å². The number of aryl methyl sites for hydroxylation is 1. The third-order valence-electron chi connectivity index (χ3n) is 7.22. The molecule has 3 heterocycles. The van der Waals surface area contributed by atoms with Gasteiger partial charge in [-0.2, -0.15) is 18.3 Å². The Morgan fingerprint density at radius 2 is 1.81 bits per heavy atom. The number of carbonyl (C=O) groups is 1. The van der Waals surface area contributed by atoms with E-state index in [4.69, 9.17) is 0 Å². The fourth-order valence-corrected chi connectivity index (χ4v) is 5.48. The number of alkyl halides is 3. The topological polar surface area (TPSA) is 55.5 Å². The Hall–Kier alpha value is -3.56. The average Bonchev–Trinajstić information content (AvgIpc) is 3.33. The molecule has 0 aliphatic carbocycles. The summed E-state index contributed by atoms with van der Waals surface area (Å²) in [6.07, 6.45) is -1.76. The molecule has 5 rings (SSSR count). The summed E-state index contributed by atoms with van der Waals surface area (Å²) >= 11 is 0. The molecule has 1 aromatic heterocycles. The molecule has 36 heavy (non-hydrogen) atoms. The van der Waals surface area contributed by atoms with Gasteiger partial charge < -0.3 is 9.80 Å². The SMILES string of the molecule is Cc1cccc(F)c1N1CCC(N2C(=O)N(Cc3ccccc3C(F)(F)F)c3c[nH]nc3[C@@H]2C)CC1. The van der Waals surface area contributed by atoms with Gasteiger partial charge in [0.2, 0.25) is 0 Å². The third kappa shape index (κ3) is 4.18. The Morgan fingerprint density at radius 3 is 2.50 bits per heavy atom. The molecular formula is C26H27F4N5O. The van der Waals surface area contributed by atoms with Crippen molar-refractivity contribution >= 4 is 17.4 Å². The quantitative estimate of drug-likeness (QED) is 0.443. The predicted molar refractivity (Wildman–Crippen MR) is 128 cm³/mol. The molecule has 2 aliphatic rings. The van der Waals surface area contributed by atoms with Gasteiger partial charge in [-0.15, -0.1) is 0 Å². The number of fused-ring (bicyclic) bond motifs is 1. The van der Waals surface area contributed by atoms with Crippen LogP contribution in [-0.2, 0) is 12.7 Å². The van der Waals surface area contributed by atoms with Crippen molar-refractivity contribution in [3.05, 3.63) is 76.9 Å². The van der Waals surface area contributed by atoms with Crippen LogP contribution in [0.4, 0.5) is 33.7 Å². The Labute approximate surface area is 206 Å². The first-order valence-electron chi connectivity index (χ1n) is 12.0. The summed E-state index contributed by atoms with van der Waals surface area (Å²) in [6, 6.07) is 9.45. The van der Waals surface area contributed by atoms with Gasteiger partial charge in [-0.1, -0.05) is 30.3 Å². The molecule has 0 radical (unpaired) electrons. The largest absolute Gasteiger partial charge is 0.416 e. The summed E-state index contributed by atoms with van der Waals surface area (Å²) < 4.78 is 55.4. The van der Waals surface area contributed by atoms with E-state index >= 15 is 0 Å². The first kappa shape index (κ1) is 24.1. The van der Waals surface area contributed by atoms with Gasteiger partial charge in [0.15, 0.2) is 0 Å². The minimum Gasteiger partial charge on any atom is -0.369 e. The monoisotopic (exact) mass is 501 g/mol.